The van der Waals surface area contributed by atoms with E-state index in [2.05, 4.69) is 22.0 Å². The first-order valence-electron chi connectivity index (χ1n) is 8.16. The van der Waals surface area contributed by atoms with Crippen LogP contribution in [0.15, 0.2) is 0 Å². The molecule has 3 heterocycles. The first-order chi connectivity index (χ1) is 11.7. The van der Waals surface area contributed by atoms with E-state index in [9.17, 15) is 18.0 Å². The highest BCUT2D eigenvalue weighted by Gasteiger charge is 2.49. The van der Waals surface area contributed by atoms with Gasteiger partial charge >= 0.3 is 16.4 Å². The number of hydrogen-bond donors (Lipinski definition) is 3. The van der Waals surface area contributed by atoms with Gasteiger partial charge in [-0.3, -0.25) is 14.2 Å². The third kappa shape index (κ3) is 4.20. The number of amides is 3. The van der Waals surface area contributed by atoms with Gasteiger partial charge in [0.2, 0.25) is 0 Å². The SMILES string of the molecule is C[C@@H]1CN[C@@H](CONC(=O)[C@@H]2CC[C@@H]3CN2C(=O)N3OS(=O)(=O)O)C1. The predicted molar refractivity (Wildman–Crippen MR) is 83.1 cm³/mol. The van der Waals surface area contributed by atoms with Gasteiger partial charge in [0, 0.05) is 12.6 Å². The molecule has 3 aliphatic rings. The second-order valence-electron chi connectivity index (χ2n) is 6.73. The second-order valence-corrected chi connectivity index (χ2v) is 7.74. The average molecular weight is 378 g/mol. The minimum atomic E-state index is -4.80. The van der Waals surface area contributed by atoms with Crippen LogP contribution < -0.4 is 10.8 Å². The van der Waals surface area contributed by atoms with E-state index in [0.717, 1.165) is 13.0 Å². The predicted octanol–water partition coefficient (Wildman–Crippen LogP) is -0.965. The van der Waals surface area contributed by atoms with Crippen LogP contribution in [0.25, 0.3) is 0 Å². The van der Waals surface area contributed by atoms with Crippen molar-refractivity contribution in [1.82, 2.24) is 20.8 Å². The summed E-state index contributed by atoms with van der Waals surface area (Å²) in [4.78, 5) is 31.0. The number of rotatable bonds is 6. The molecule has 0 saturated carbocycles. The number of urea groups is 1. The van der Waals surface area contributed by atoms with Crippen LogP contribution in [0, 0.1) is 5.92 Å². The van der Waals surface area contributed by atoms with E-state index in [1.165, 1.54) is 4.90 Å². The Hall–Kier alpha value is -1.47. The normalized spacial score (nSPS) is 32.3. The number of carbonyl (C=O) groups excluding carboxylic acids is 2. The number of nitrogens with one attached hydrogen (secondary N) is 2. The molecule has 0 radical (unpaired) electrons. The first kappa shape index (κ1) is 18.3. The lowest BCUT2D eigenvalue weighted by Crippen LogP contribution is -2.50. The van der Waals surface area contributed by atoms with Crippen LogP contribution in [0.2, 0.25) is 0 Å². The summed E-state index contributed by atoms with van der Waals surface area (Å²) in [6, 6.07) is -1.89. The molecule has 4 atom stereocenters. The maximum absolute atomic E-state index is 12.3. The Labute approximate surface area is 145 Å². The van der Waals surface area contributed by atoms with Crippen molar-refractivity contribution < 1.29 is 31.7 Å². The summed E-state index contributed by atoms with van der Waals surface area (Å²) in [5.74, 6) is 0.0992. The number of piperidine rings is 1. The topological polar surface area (TPSA) is 138 Å². The van der Waals surface area contributed by atoms with Crippen molar-refractivity contribution in [3.63, 3.8) is 0 Å². The Morgan fingerprint density at radius 1 is 1.44 bits per heavy atom. The summed E-state index contributed by atoms with van der Waals surface area (Å²) in [7, 11) is -4.80. The molecule has 3 rings (SSSR count). The van der Waals surface area contributed by atoms with Gasteiger partial charge in [-0.2, -0.15) is 13.5 Å². The molecule has 0 aromatic rings. The molecule has 3 N–H and O–H groups in total. The number of hydroxylamine groups is 3. The summed E-state index contributed by atoms with van der Waals surface area (Å²) in [6.45, 7) is 3.52. The fourth-order valence-corrected chi connectivity index (χ4v) is 3.92. The van der Waals surface area contributed by atoms with Crippen LogP contribution in [0.3, 0.4) is 0 Å². The molecule has 142 valence electrons. The van der Waals surface area contributed by atoms with E-state index in [1.807, 2.05) is 0 Å². The quantitative estimate of drug-likeness (QED) is 0.397. The molecule has 3 saturated heterocycles. The molecule has 0 aliphatic carbocycles. The first-order valence-corrected chi connectivity index (χ1v) is 9.53. The Morgan fingerprint density at radius 2 is 2.20 bits per heavy atom. The van der Waals surface area contributed by atoms with Crippen LogP contribution in [0.5, 0.6) is 0 Å². The molecular formula is C13H22N4O7S. The zero-order chi connectivity index (χ0) is 18.2. The van der Waals surface area contributed by atoms with Crippen molar-refractivity contribution in [3.8, 4) is 0 Å². The maximum atomic E-state index is 12.3. The fourth-order valence-electron chi connectivity index (χ4n) is 3.53. The van der Waals surface area contributed by atoms with Crippen LogP contribution in [0.4, 0.5) is 4.79 Å². The highest BCUT2D eigenvalue weighted by Crippen LogP contribution is 2.30. The second kappa shape index (κ2) is 7.03. The van der Waals surface area contributed by atoms with Crippen molar-refractivity contribution >= 4 is 22.3 Å². The van der Waals surface area contributed by atoms with E-state index in [0.29, 0.717) is 30.4 Å². The van der Waals surface area contributed by atoms with Crippen LogP contribution in [-0.2, 0) is 24.3 Å². The lowest BCUT2D eigenvalue weighted by Gasteiger charge is -2.29. The van der Waals surface area contributed by atoms with E-state index in [4.69, 9.17) is 9.39 Å². The Morgan fingerprint density at radius 3 is 2.84 bits per heavy atom. The van der Waals surface area contributed by atoms with Crippen molar-refractivity contribution in [2.75, 3.05) is 19.7 Å². The largest absolute Gasteiger partial charge is 0.418 e. The standard InChI is InChI=1S/C13H22N4O7S/c1-8-4-9(14-5-8)7-23-15-12(18)11-3-2-10-6-16(11)13(19)17(10)24-25(20,21)22/h8-11,14H,2-7H2,1H3,(H,15,18)(H,20,21,22)/t8-,9+,10+,11-/m0/s1. The summed E-state index contributed by atoms with van der Waals surface area (Å²) in [5.41, 5.74) is 2.36. The molecule has 0 aromatic heterocycles. The molecule has 25 heavy (non-hydrogen) atoms. The van der Waals surface area contributed by atoms with E-state index in [1.54, 1.807) is 0 Å². The van der Waals surface area contributed by atoms with E-state index >= 15 is 0 Å². The third-order valence-corrected chi connectivity index (χ3v) is 5.05. The fraction of sp³-hybridized carbons (Fsp3) is 0.846. The van der Waals surface area contributed by atoms with Crippen molar-refractivity contribution in [1.29, 1.82) is 0 Å². The van der Waals surface area contributed by atoms with E-state index in [-0.39, 0.29) is 12.6 Å². The maximum Gasteiger partial charge on any atom is 0.418 e. The molecule has 12 heteroatoms. The van der Waals surface area contributed by atoms with Gasteiger partial charge in [0.1, 0.15) is 6.04 Å². The van der Waals surface area contributed by atoms with Crippen LogP contribution in [-0.4, -0.2) is 72.7 Å². The molecule has 2 bridgehead atoms. The number of nitrogens with zero attached hydrogens (tertiary/aromatic N) is 2. The number of hydrogen-bond acceptors (Lipinski definition) is 7. The summed E-state index contributed by atoms with van der Waals surface area (Å²) in [5, 5.41) is 3.88. The lowest BCUT2D eigenvalue weighted by atomic mass is 10.0. The van der Waals surface area contributed by atoms with Gasteiger partial charge in [-0.15, -0.1) is 4.28 Å². The van der Waals surface area contributed by atoms with E-state index < -0.39 is 34.4 Å². The van der Waals surface area contributed by atoms with Gasteiger partial charge in [0.25, 0.3) is 5.91 Å². The highest BCUT2D eigenvalue weighted by atomic mass is 32.3. The van der Waals surface area contributed by atoms with Crippen molar-refractivity contribution in [2.24, 2.45) is 5.92 Å². The van der Waals surface area contributed by atoms with Gasteiger partial charge in [0.05, 0.1) is 12.6 Å². The van der Waals surface area contributed by atoms with Gasteiger partial charge in [-0.1, -0.05) is 6.92 Å². The van der Waals surface area contributed by atoms with Crippen molar-refractivity contribution in [2.45, 2.75) is 44.3 Å². The molecule has 0 spiro atoms. The van der Waals surface area contributed by atoms with Crippen molar-refractivity contribution in [3.05, 3.63) is 0 Å². The smallest absolute Gasteiger partial charge is 0.311 e. The minimum absolute atomic E-state index is 0.147. The zero-order valence-corrected chi connectivity index (χ0v) is 14.6. The number of carbonyl (C=O) groups is 2. The third-order valence-electron chi connectivity index (χ3n) is 4.70. The van der Waals surface area contributed by atoms with Gasteiger partial charge in [-0.25, -0.2) is 10.3 Å². The molecule has 3 fully saturated rings. The Kier molecular flexibility index (Phi) is 5.16. The molecule has 0 unspecified atom stereocenters. The zero-order valence-electron chi connectivity index (χ0n) is 13.8. The lowest BCUT2D eigenvalue weighted by molar-refractivity contribution is -0.139. The molecular weight excluding hydrogens is 356 g/mol. The summed E-state index contributed by atoms with van der Waals surface area (Å²) < 4.78 is 34.8. The Bertz CT molecular complexity index is 642. The molecule has 0 aromatic carbocycles. The summed E-state index contributed by atoms with van der Waals surface area (Å²) >= 11 is 0. The number of fused-ring (bicyclic) bond motifs is 2. The molecule has 11 nitrogen and oxygen atoms in total. The van der Waals surface area contributed by atoms with Crippen LogP contribution in [0.1, 0.15) is 26.2 Å². The van der Waals surface area contributed by atoms with Gasteiger partial charge < -0.3 is 10.2 Å². The summed E-state index contributed by atoms with van der Waals surface area (Å²) in [6.07, 6.45) is 1.68. The van der Waals surface area contributed by atoms with Crippen LogP contribution >= 0.6 is 0 Å². The molecule has 3 aliphatic heterocycles. The average Bonchev–Trinajstić information content (AvgIpc) is 3.04. The Balaban J connectivity index is 1.52. The highest BCUT2D eigenvalue weighted by molar-refractivity contribution is 7.80. The van der Waals surface area contributed by atoms with Gasteiger partial charge in [-0.05, 0) is 31.7 Å². The molecule has 3 amide bonds. The minimum Gasteiger partial charge on any atom is -0.311 e. The van der Waals surface area contributed by atoms with Gasteiger partial charge in [0.15, 0.2) is 0 Å². The monoisotopic (exact) mass is 378 g/mol.